The third-order valence-electron chi connectivity index (χ3n) is 13.1. The molecule has 7 aromatic carbocycles. The van der Waals surface area contributed by atoms with Crippen LogP contribution in [0.4, 0.5) is 11.4 Å². The highest BCUT2D eigenvalue weighted by Crippen LogP contribution is 2.61. The van der Waals surface area contributed by atoms with Gasteiger partial charge in [0.2, 0.25) is 0 Å². The minimum absolute atomic E-state index is 0.0578. The molecule has 0 amide bonds. The van der Waals surface area contributed by atoms with E-state index in [1.807, 2.05) is 0 Å². The molecule has 1 fully saturated rings. The fourth-order valence-corrected chi connectivity index (χ4v) is 10.4. The lowest BCUT2D eigenvalue weighted by atomic mass is 9.61. The van der Waals surface area contributed by atoms with Crippen molar-refractivity contribution >= 4 is 11.4 Å². The highest BCUT2D eigenvalue weighted by molar-refractivity contribution is 5.89. The Morgan fingerprint density at radius 2 is 0.942 bits per heavy atom. The maximum absolute atomic E-state index is 2.66. The number of hydrogen-bond acceptors (Lipinski definition) is 1. The number of fused-ring (bicyclic) bond motifs is 6. The van der Waals surface area contributed by atoms with Crippen LogP contribution in [0.5, 0.6) is 0 Å². The molecule has 1 saturated carbocycles. The third-order valence-corrected chi connectivity index (χ3v) is 13.1. The van der Waals surface area contributed by atoms with Crippen molar-refractivity contribution in [3.8, 4) is 33.4 Å². The van der Waals surface area contributed by atoms with Crippen LogP contribution in [0.3, 0.4) is 0 Å². The molecule has 3 aliphatic rings. The van der Waals surface area contributed by atoms with E-state index in [-0.39, 0.29) is 16.4 Å². The Morgan fingerprint density at radius 3 is 1.62 bits per heavy atom. The van der Waals surface area contributed by atoms with Gasteiger partial charge in [0.25, 0.3) is 0 Å². The van der Waals surface area contributed by atoms with Crippen LogP contribution in [0.25, 0.3) is 33.4 Å². The van der Waals surface area contributed by atoms with Gasteiger partial charge in [0, 0.05) is 16.8 Å². The Balaban J connectivity index is 1.05. The summed E-state index contributed by atoms with van der Waals surface area (Å²) < 4.78 is 0. The molecule has 252 valence electrons. The molecule has 0 bridgehead atoms. The lowest BCUT2D eigenvalue weighted by molar-refractivity contribution is 0.195. The van der Waals surface area contributed by atoms with Crippen LogP contribution >= 0.6 is 0 Å². The topological polar surface area (TPSA) is 3.24 Å². The molecule has 0 aromatic heterocycles. The van der Waals surface area contributed by atoms with E-state index < -0.39 is 0 Å². The number of nitrogens with zero attached hydrogens (tertiary/aromatic N) is 1. The standard InChI is InChI=1S/C51H43N/c1-49-32-14-15-33-50(49,2)52(42-20-10-5-11-21-42)48-31-29-39(35-47(48)49)37-26-24-36(25-27-37)38-28-30-46-44(34-38)43-22-12-13-23-45(43)51(46,40-16-6-3-7-17-40)41-18-8-4-9-19-41/h3-13,16-31,34-35H,14-15,32-33H2,1-2H3. The molecule has 1 heterocycles. The van der Waals surface area contributed by atoms with Crippen LogP contribution in [0.1, 0.15) is 67.3 Å². The maximum atomic E-state index is 2.66. The second-order valence-corrected chi connectivity index (χ2v) is 15.6. The van der Waals surface area contributed by atoms with Gasteiger partial charge in [-0.15, -0.1) is 0 Å². The predicted molar refractivity (Wildman–Crippen MR) is 217 cm³/mol. The third kappa shape index (κ3) is 4.29. The van der Waals surface area contributed by atoms with Crippen molar-refractivity contribution in [3.63, 3.8) is 0 Å². The summed E-state index contributed by atoms with van der Waals surface area (Å²) in [5.74, 6) is 0. The van der Waals surface area contributed by atoms with Crippen LogP contribution in [0.15, 0.2) is 176 Å². The van der Waals surface area contributed by atoms with Gasteiger partial charge in [0.1, 0.15) is 0 Å². The van der Waals surface area contributed by atoms with Crippen LogP contribution in [0.2, 0.25) is 0 Å². The highest BCUT2D eigenvalue weighted by Gasteiger charge is 2.57. The van der Waals surface area contributed by atoms with Crippen molar-refractivity contribution in [1.82, 2.24) is 0 Å². The quantitative estimate of drug-likeness (QED) is 0.176. The van der Waals surface area contributed by atoms with E-state index in [1.54, 1.807) is 0 Å². The van der Waals surface area contributed by atoms with Crippen molar-refractivity contribution in [2.75, 3.05) is 4.90 Å². The maximum Gasteiger partial charge on any atom is 0.0713 e. The largest absolute Gasteiger partial charge is 0.334 e. The van der Waals surface area contributed by atoms with E-state index in [9.17, 15) is 0 Å². The summed E-state index contributed by atoms with van der Waals surface area (Å²) in [5.41, 5.74) is 16.9. The number of benzene rings is 7. The first-order valence-corrected chi connectivity index (χ1v) is 19.0. The minimum Gasteiger partial charge on any atom is -0.334 e. The Hall–Kier alpha value is -5.66. The number of para-hydroxylation sites is 1. The average molecular weight is 670 g/mol. The molecule has 0 spiro atoms. The first-order chi connectivity index (χ1) is 25.5. The van der Waals surface area contributed by atoms with E-state index in [2.05, 4.69) is 195 Å². The zero-order valence-electron chi connectivity index (χ0n) is 30.0. The second kappa shape index (κ2) is 11.7. The van der Waals surface area contributed by atoms with Crippen molar-refractivity contribution < 1.29 is 0 Å². The number of hydrogen-bond donors (Lipinski definition) is 0. The van der Waals surface area contributed by atoms with Gasteiger partial charge in [-0.1, -0.05) is 165 Å². The van der Waals surface area contributed by atoms with E-state index in [0.717, 1.165) is 0 Å². The van der Waals surface area contributed by atoms with Gasteiger partial charge in [0.05, 0.1) is 11.0 Å². The Kier molecular flexibility index (Phi) is 6.99. The molecule has 7 aromatic rings. The van der Waals surface area contributed by atoms with Crippen molar-refractivity contribution in [1.29, 1.82) is 0 Å². The zero-order valence-corrected chi connectivity index (χ0v) is 30.0. The zero-order chi connectivity index (χ0) is 34.9. The highest BCUT2D eigenvalue weighted by atomic mass is 15.3. The van der Waals surface area contributed by atoms with E-state index in [4.69, 9.17) is 0 Å². The fourth-order valence-electron chi connectivity index (χ4n) is 10.4. The Morgan fingerprint density at radius 1 is 0.423 bits per heavy atom. The van der Waals surface area contributed by atoms with Gasteiger partial charge in [-0.2, -0.15) is 0 Å². The van der Waals surface area contributed by atoms with Crippen molar-refractivity contribution in [2.24, 2.45) is 0 Å². The molecule has 1 heteroatoms. The second-order valence-electron chi connectivity index (χ2n) is 15.6. The van der Waals surface area contributed by atoms with Crippen molar-refractivity contribution in [3.05, 3.63) is 204 Å². The Labute approximate surface area is 308 Å². The first kappa shape index (κ1) is 31.1. The van der Waals surface area contributed by atoms with E-state index in [1.165, 1.54) is 98.3 Å². The fraction of sp³-hybridized carbons (Fsp3) is 0.176. The molecule has 0 saturated heterocycles. The molecule has 52 heavy (non-hydrogen) atoms. The van der Waals surface area contributed by atoms with Crippen LogP contribution in [-0.2, 0) is 10.8 Å². The molecule has 0 N–H and O–H groups in total. The van der Waals surface area contributed by atoms with Crippen LogP contribution in [0, 0.1) is 0 Å². The smallest absolute Gasteiger partial charge is 0.0713 e. The molecular weight excluding hydrogens is 627 g/mol. The number of rotatable bonds is 5. The van der Waals surface area contributed by atoms with Crippen LogP contribution < -0.4 is 4.90 Å². The van der Waals surface area contributed by atoms with Gasteiger partial charge in [-0.3, -0.25) is 0 Å². The monoisotopic (exact) mass is 669 g/mol. The molecule has 0 radical (unpaired) electrons. The van der Waals surface area contributed by atoms with Gasteiger partial charge >= 0.3 is 0 Å². The summed E-state index contributed by atoms with van der Waals surface area (Å²) in [6.07, 6.45) is 5.00. The molecule has 1 nitrogen and oxygen atoms in total. The average Bonchev–Trinajstić information content (AvgIpc) is 3.62. The molecular formula is C51H43N. The van der Waals surface area contributed by atoms with Crippen molar-refractivity contribution in [2.45, 2.75) is 55.9 Å². The summed E-state index contributed by atoms with van der Waals surface area (Å²) in [6.45, 7) is 5.03. The van der Waals surface area contributed by atoms with Gasteiger partial charge in [-0.25, -0.2) is 0 Å². The van der Waals surface area contributed by atoms with Gasteiger partial charge in [-0.05, 0) is 111 Å². The lowest BCUT2D eigenvalue weighted by Crippen LogP contribution is -2.54. The van der Waals surface area contributed by atoms with E-state index >= 15 is 0 Å². The predicted octanol–water partition coefficient (Wildman–Crippen LogP) is 13.1. The first-order valence-electron chi connectivity index (χ1n) is 19.0. The molecule has 2 aliphatic carbocycles. The summed E-state index contributed by atoms with van der Waals surface area (Å²) in [4.78, 5) is 2.66. The van der Waals surface area contributed by atoms with Gasteiger partial charge < -0.3 is 4.90 Å². The Bertz CT molecular complexity index is 2390. The minimum atomic E-state index is -0.370. The molecule has 1 aliphatic heterocycles. The molecule has 2 unspecified atom stereocenters. The summed E-state index contributed by atoms with van der Waals surface area (Å²) in [7, 11) is 0. The normalized spacial score (nSPS) is 20.8. The summed E-state index contributed by atoms with van der Waals surface area (Å²) in [6, 6.07) is 65.8. The van der Waals surface area contributed by atoms with Crippen LogP contribution in [-0.4, -0.2) is 5.54 Å². The summed E-state index contributed by atoms with van der Waals surface area (Å²) >= 11 is 0. The SMILES string of the molecule is CC12CCCCC1(C)N(c1ccccc1)c1ccc(-c3ccc(-c4ccc5c(c4)-c4ccccc4C5(c4ccccc4)c4ccccc4)cc3)cc12. The summed E-state index contributed by atoms with van der Waals surface area (Å²) in [5, 5.41) is 0. The number of anilines is 2. The van der Waals surface area contributed by atoms with Gasteiger partial charge in [0.15, 0.2) is 0 Å². The van der Waals surface area contributed by atoms with E-state index in [0.29, 0.717) is 0 Å². The lowest BCUT2D eigenvalue weighted by Gasteiger charge is -2.50. The molecule has 10 rings (SSSR count). The molecule has 2 atom stereocenters.